The van der Waals surface area contributed by atoms with Gasteiger partial charge in [-0.05, 0) is 18.2 Å². The fourth-order valence-corrected chi connectivity index (χ4v) is 0.715. The second-order valence-corrected chi connectivity index (χ2v) is 2.65. The summed E-state index contributed by atoms with van der Waals surface area (Å²) in [7, 11) is 0. The highest BCUT2D eigenvalue weighted by molar-refractivity contribution is 5.67. The van der Waals surface area contributed by atoms with E-state index >= 15 is 0 Å². The third kappa shape index (κ3) is 5.84. The first kappa shape index (κ1) is 14.2. The Labute approximate surface area is 88.5 Å². The molecule has 0 aromatic heterocycles. The van der Waals surface area contributed by atoms with Crippen LogP contribution in [0.5, 0.6) is 0 Å². The Bertz CT molecular complexity index is 352. The summed E-state index contributed by atoms with van der Waals surface area (Å²) in [5.74, 6) is -1.41. The number of carboxylic acids is 1. The molecule has 0 saturated carbocycles. The summed E-state index contributed by atoms with van der Waals surface area (Å²) in [5, 5.41) is 7.35. The lowest BCUT2D eigenvalue weighted by Gasteiger charge is -2.05. The Morgan fingerprint density at radius 1 is 1.38 bits per heavy atom. The number of nitrogen functional groups attached to an aromatic ring is 1. The summed E-state index contributed by atoms with van der Waals surface area (Å²) in [6.07, 6.45) is -4.30. The van der Waals surface area contributed by atoms with Crippen molar-refractivity contribution >= 4 is 11.7 Å². The molecule has 0 spiro atoms. The Morgan fingerprint density at radius 3 is 2.12 bits per heavy atom. The van der Waals surface area contributed by atoms with E-state index in [9.17, 15) is 17.6 Å². The fourth-order valence-electron chi connectivity index (χ4n) is 0.715. The number of rotatable bonds is 1. The van der Waals surface area contributed by atoms with Crippen molar-refractivity contribution in [2.45, 2.75) is 6.18 Å². The van der Waals surface area contributed by atoms with Crippen LogP contribution in [0.4, 0.5) is 23.2 Å². The van der Waals surface area contributed by atoms with E-state index in [1.807, 2.05) is 0 Å². The first-order valence-corrected chi connectivity index (χ1v) is 3.98. The van der Waals surface area contributed by atoms with Crippen LogP contribution in [0.2, 0.25) is 0 Å². The van der Waals surface area contributed by atoms with Gasteiger partial charge in [-0.1, -0.05) is 6.07 Å². The van der Waals surface area contributed by atoms with Gasteiger partial charge in [0.2, 0.25) is 0 Å². The van der Waals surface area contributed by atoms with E-state index in [1.165, 1.54) is 12.1 Å². The van der Waals surface area contributed by atoms with Crippen molar-refractivity contribution in [2.75, 3.05) is 12.4 Å². The monoisotopic (exact) mass is 239 g/mol. The molecule has 0 aliphatic rings. The third-order valence-electron chi connectivity index (χ3n) is 1.33. The maximum Gasteiger partial charge on any atom is 0.416 e. The summed E-state index contributed by atoms with van der Waals surface area (Å²) in [6, 6.07) is 4.57. The van der Waals surface area contributed by atoms with Gasteiger partial charge in [-0.2, -0.15) is 13.2 Å². The SMILES string of the molecule is Nc1cccc(C(F)(F)F)c1.O=C(O)CF. The van der Waals surface area contributed by atoms with Crippen molar-refractivity contribution in [1.29, 1.82) is 0 Å². The second-order valence-electron chi connectivity index (χ2n) is 2.65. The molecule has 0 unspecified atom stereocenters. The molecular formula is C9H9F4NO2. The average molecular weight is 239 g/mol. The van der Waals surface area contributed by atoms with Crippen LogP contribution in [-0.4, -0.2) is 17.8 Å². The van der Waals surface area contributed by atoms with Crippen LogP contribution >= 0.6 is 0 Å². The number of aliphatic carboxylic acids is 1. The molecule has 0 fully saturated rings. The van der Waals surface area contributed by atoms with Crippen molar-refractivity contribution in [3.63, 3.8) is 0 Å². The molecule has 0 aliphatic heterocycles. The molecule has 3 nitrogen and oxygen atoms in total. The third-order valence-corrected chi connectivity index (χ3v) is 1.33. The largest absolute Gasteiger partial charge is 0.479 e. The molecule has 0 aliphatic carbocycles. The summed E-state index contributed by atoms with van der Waals surface area (Å²) in [4.78, 5) is 8.99. The van der Waals surface area contributed by atoms with E-state index < -0.39 is 24.4 Å². The van der Waals surface area contributed by atoms with Crippen LogP contribution in [0.25, 0.3) is 0 Å². The van der Waals surface area contributed by atoms with Crippen LogP contribution in [0.3, 0.4) is 0 Å². The molecule has 0 amide bonds. The van der Waals surface area contributed by atoms with Crippen molar-refractivity contribution in [2.24, 2.45) is 0 Å². The van der Waals surface area contributed by atoms with E-state index in [0.717, 1.165) is 12.1 Å². The van der Waals surface area contributed by atoms with E-state index in [-0.39, 0.29) is 5.69 Å². The van der Waals surface area contributed by atoms with Crippen LogP contribution in [0, 0.1) is 0 Å². The fraction of sp³-hybridized carbons (Fsp3) is 0.222. The Hall–Kier alpha value is -1.79. The average Bonchev–Trinajstić information content (AvgIpc) is 2.17. The highest BCUT2D eigenvalue weighted by atomic mass is 19.4. The van der Waals surface area contributed by atoms with Gasteiger partial charge in [0.25, 0.3) is 0 Å². The Balaban J connectivity index is 0.000000385. The molecule has 7 heteroatoms. The quantitative estimate of drug-likeness (QED) is 0.584. The molecule has 0 radical (unpaired) electrons. The van der Waals surface area contributed by atoms with Crippen molar-refractivity contribution in [3.05, 3.63) is 29.8 Å². The molecule has 1 aromatic carbocycles. The lowest BCUT2D eigenvalue weighted by atomic mass is 10.2. The summed E-state index contributed by atoms with van der Waals surface area (Å²) in [5.41, 5.74) is 4.57. The van der Waals surface area contributed by atoms with Gasteiger partial charge in [-0.15, -0.1) is 0 Å². The second kappa shape index (κ2) is 5.94. The van der Waals surface area contributed by atoms with E-state index in [1.54, 1.807) is 0 Å². The maximum absolute atomic E-state index is 11.9. The molecule has 1 aromatic rings. The van der Waals surface area contributed by atoms with Gasteiger partial charge < -0.3 is 10.8 Å². The Kier molecular flexibility index (Phi) is 5.27. The van der Waals surface area contributed by atoms with Crippen LogP contribution in [-0.2, 0) is 11.0 Å². The van der Waals surface area contributed by atoms with Crippen LogP contribution < -0.4 is 5.73 Å². The summed E-state index contributed by atoms with van der Waals surface area (Å²) >= 11 is 0. The highest BCUT2D eigenvalue weighted by Gasteiger charge is 2.30. The van der Waals surface area contributed by atoms with Gasteiger partial charge in [0.1, 0.15) is 0 Å². The van der Waals surface area contributed by atoms with Gasteiger partial charge in [-0.25, -0.2) is 9.18 Å². The number of nitrogens with two attached hydrogens (primary N) is 1. The predicted octanol–water partition coefficient (Wildman–Crippen LogP) is 2.33. The number of hydrogen-bond donors (Lipinski definition) is 2. The number of halogens is 4. The molecule has 16 heavy (non-hydrogen) atoms. The van der Waals surface area contributed by atoms with Gasteiger partial charge in [0.15, 0.2) is 6.67 Å². The van der Waals surface area contributed by atoms with Crippen molar-refractivity contribution < 1.29 is 27.5 Å². The van der Waals surface area contributed by atoms with Crippen molar-refractivity contribution in [3.8, 4) is 0 Å². The summed E-state index contributed by atoms with van der Waals surface area (Å²) in [6.45, 7) is -1.28. The highest BCUT2D eigenvalue weighted by Crippen LogP contribution is 2.29. The number of alkyl halides is 4. The normalized spacial score (nSPS) is 10.2. The van der Waals surface area contributed by atoms with Gasteiger partial charge >= 0.3 is 12.1 Å². The van der Waals surface area contributed by atoms with Crippen LogP contribution in [0.1, 0.15) is 5.56 Å². The molecular weight excluding hydrogens is 230 g/mol. The molecule has 0 heterocycles. The molecule has 90 valence electrons. The molecule has 3 N–H and O–H groups in total. The van der Waals surface area contributed by atoms with Gasteiger partial charge in [0, 0.05) is 5.69 Å². The molecule has 0 atom stereocenters. The number of carbonyl (C=O) groups is 1. The minimum Gasteiger partial charge on any atom is -0.479 e. The molecule has 1 rings (SSSR count). The van der Waals surface area contributed by atoms with Crippen molar-refractivity contribution in [1.82, 2.24) is 0 Å². The minimum absolute atomic E-state index is 0.125. The zero-order valence-corrected chi connectivity index (χ0v) is 7.96. The number of benzene rings is 1. The lowest BCUT2D eigenvalue weighted by molar-refractivity contribution is -0.138. The lowest BCUT2D eigenvalue weighted by Crippen LogP contribution is -2.04. The zero-order valence-electron chi connectivity index (χ0n) is 7.96. The van der Waals surface area contributed by atoms with Crippen LogP contribution in [0.15, 0.2) is 24.3 Å². The van der Waals surface area contributed by atoms with E-state index in [0.29, 0.717) is 0 Å². The standard InChI is InChI=1S/C7H6F3N.C2H3FO2/c8-7(9,10)5-2-1-3-6(11)4-5;3-1-2(4)5/h1-4H,11H2;1H2,(H,4,5). The maximum atomic E-state index is 11.9. The first-order chi connectivity index (χ1) is 7.27. The van der Waals surface area contributed by atoms with Gasteiger partial charge in [-0.3, -0.25) is 0 Å². The Morgan fingerprint density at radius 2 is 1.88 bits per heavy atom. The number of carboxylic acid groups (broad SMARTS) is 1. The number of hydrogen-bond acceptors (Lipinski definition) is 2. The summed E-state index contributed by atoms with van der Waals surface area (Å²) < 4.78 is 46.3. The minimum atomic E-state index is -4.30. The number of anilines is 1. The first-order valence-electron chi connectivity index (χ1n) is 3.98. The molecule has 0 saturated heterocycles. The predicted molar refractivity (Wildman–Crippen MR) is 49.5 cm³/mol. The van der Waals surface area contributed by atoms with E-state index in [2.05, 4.69) is 0 Å². The smallest absolute Gasteiger partial charge is 0.416 e. The van der Waals surface area contributed by atoms with Gasteiger partial charge in [0.05, 0.1) is 5.56 Å². The topological polar surface area (TPSA) is 63.3 Å². The molecule has 0 bridgehead atoms. The zero-order chi connectivity index (χ0) is 12.8. The van der Waals surface area contributed by atoms with E-state index in [4.69, 9.17) is 15.6 Å².